The molecule has 4 nitrogen and oxygen atoms in total. The second-order valence-electron chi connectivity index (χ2n) is 4.27. The van der Waals surface area contributed by atoms with Gasteiger partial charge in [-0.25, -0.2) is 0 Å². The van der Waals surface area contributed by atoms with E-state index < -0.39 is 0 Å². The van der Waals surface area contributed by atoms with E-state index in [1.807, 2.05) is 0 Å². The SMILES string of the molecule is CCCCCCOc1ccc(/C(C)=N/O)c(O)c1. The number of hydrogen-bond donors (Lipinski definition) is 2. The molecule has 0 spiro atoms. The Morgan fingerprint density at radius 3 is 2.67 bits per heavy atom. The first-order valence-electron chi connectivity index (χ1n) is 6.34. The van der Waals surface area contributed by atoms with Gasteiger partial charge in [0.2, 0.25) is 0 Å². The Morgan fingerprint density at radius 2 is 2.06 bits per heavy atom. The van der Waals surface area contributed by atoms with E-state index in [-0.39, 0.29) is 5.75 Å². The number of rotatable bonds is 7. The van der Waals surface area contributed by atoms with Crippen molar-refractivity contribution in [3.63, 3.8) is 0 Å². The summed E-state index contributed by atoms with van der Waals surface area (Å²) in [5.74, 6) is 0.704. The fourth-order valence-corrected chi connectivity index (χ4v) is 1.68. The number of nitrogens with zero attached hydrogens (tertiary/aromatic N) is 1. The van der Waals surface area contributed by atoms with E-state index in [2.05, 4.69) is 12.1 Å². The molecule has 4 heteroatoms. The lowest BCUT2D eigenvalue weighted by Gasteiger charge is -2.08. The molecule has 1 aromatic rings. The Kier molecular flexibility index (Phi) is 6.05. The zero-order valence-electron chi connectivity index (χ0n) is 11.0. The predicted octanol–water partition coefficient (Wildman–Crippen LogP) is 3.55. The molecule has 0 fully saturated rings. The van der Waals surface area contributed by atoms with Crippen LogP contribution in [0.5, 0.6) is 11.5 Å². The van der Waals surface area contributed by atoms with E-state index in [4.69, 9.17) is 9.94 Å². The molecule has 0 bridgehead atoms. The third kappa shape index (κ3) is 4.28. The third-order valence-electron chi connectivity index (χ3n) is 2.78. The number of hydrogen-bond acceptors (Lipinski definition) is 4. The lowest BCUT2D eigenvalue weighted by molar-refractivity contribution is 0.303. The van der Waals surface area contributed by atoms with Crippen molar-refractivity contribution in [2.45, 2.75) is 39.5 Å². The summed E-state index contributed by atoms with van der Waals surface area (Å²) < 4.78 is 5.54. The molecule has 1 rings (SSSR count). The number of oxime groups is 1. The van der Waals surface area contributed by atoms with Crippen molar-refractivity contribution < 1.29 is 15.1 Å². The minimum Gasteiger partial charge on any atom is -0.507 e. The van der Waals surface area contributed by atoms with Crippen LogP contribution >= 0.6 is 0 Å². The van der Waals surface area contributed by atoms with Gasteiger partial charge in [0.15, 0.2) is 0 Å². The van der Waals surface area contributed by atoms with Crippen molar-refractivity contribution >= 4 is 5.71 Å². The van der Waals surface area contributed by atoms with Crippen LogP contribution in [0.15, 0.2) is 23.4 Å². The number of ether oxygens (including phenoxy) is 1. The van der Waals surface area contributed by atoms with Gasteiger partial charge >= 0.3 is 0 Å². The maximum Gasteiger partial charge on any atom is 0.128 e. The highest BCUT2D eigenvalue weighted by Crippen LogP contribution is 2.24. The van der Waals surface area contributed by atoms with Gasteiger partial charge in [-0.2, -0.15) is 0 Å². The first-order valence-corrected chi connectivity index (χ1v) is 6.34. The summed E-state index contributed by atoms with van der Waals surface area (Å²) in [6, 6.07) is 5.00. The molecular formula is C14H21NO3. The maximum atomic E-state index is 9.76. The zero-order valence-corrected chi connectivity index (χ0v) is 11.0. The monoisotopic (exact) mass is 251 g/mol. The van der Waals surface area contributed by atoms with Crippen molar-refractivity contribution in [1.29, 1.82) is 0 Å². The second kappa shape index (κ2) is 7.58. The van der Waals surface area contributed by atoms with Crippen LogP contribution < -0.4 is 4.74 Å². The predicted molar refractivity (Wildman–Crippen MR) is 71.7 cm³/mol. The molecule has 2 N–H and O–H groups in total. The molecule has 100 valence electrons. The van der Waals surface area contributed by atoms with Crippen LogP contribution in [0.3, 0.4) is 0 Å². The number of unbranched alkanes of at least 4 members (excludes halogenated alkanes) is 3. The Hall–Kier alpha value is -1.71. The van der Waals surface area contributed by atoms with Crippen LogP contribution in [-0.4, -0.2) is 22.6 Å². The molecule has 1 aromatic carbocycles. The second-order valence-corrected chi connectivity index (χ2v) is 4.27. The first-order chi connectivity index (χ1) is 8.69. The molecular weight excluding hydrogens is 230 g/mol. The Bertz CT molecular complexity index is 402. The summed E-state index contributed by atoms with van der Waals surface area (Å²) in [7, 11) is 0. The first kappa shape index (κ1) is 14.4. The fraction of sp³-hybridized carbons (Fsp3) is 0.500. The molecule has 0 aliphatic rings. The summed E-state index contributed by atoms with van der Waals surface area (Å²) >= 11 is 0. The van der Waals surface area contributed by atoms with Crippen molar-refractivity contribution in [2.75, 3.05) is 6.61 Å². The summed E-state index contributed by atoms with van der Waals surface area (Å²) in [5.41, 5.74) is 0.887. The molecule has 0 atom stereocenters. The van der Waals surface area contributed by atoms with Crippen molar-refractivity contribution in [3.05, 3.63) is 23.8 Å². The number of phenols is 1. The molecule has 0 aliphatic carbocycles. The average molecular weight is 251 g/mol. The lowest BCUT2D eigenvalue weighted by atomic mass is 10.1. The van der Waals surface area contributed by atoms with Crippen LogP contribution in [-0.2, 0) is 0 Å². The number of phenolic OH excluding ortho intramolecular Hbond substituents is 1. The van der Waals surface area contributed by atoms with E-state index >= 15 is 0 Å². The van der Waals surface area contributed by atoms with Gasteiger partial charge in [0.05, 0.1) is 12.3 Å². The number of benzene rings is 1. The summed E-state index contributed by atoms with van der Waals surface area (Å²) in [4.78, 5) is 0. The fourth-order valence-electron chi connectivity index (χ4n) is 1.68. The van der Waals surface area contributed by atoms with Crippen LogP contribution in [0.1, 0.15) is 45.1 Å². The topological polar surface area (TPSA) is 62.0 Å². The largest absolute Gasteiger partial charge is 0.507 e. The molecule has 0 unspecified atom stereocenters. The van der Waals surface area contributed by atoms with Gasteiger partial charge in [-0.3, -0.25) is 0 Å². The van der Waals surface area contributed by atoms with E-state index in [9.17, 15) is 5.11 Å². The van der Waals surface area contributed by atoms with Gasteiger partial charge < -0.3 is 15.1 Å². The molecule has 0 saturated carbocycles. The van der Waals surface area contributed by atoms with Gasteiger partial charge in [0.1, 0.15) is 11.5 Å². The van der Waals surface area contributed by atoms with E-state index in [0.29, 0.717) is 23.6 Å². The standard InChI is InChI=1S/C14H21NO3/c1-3-4-5-6-9-18-12-7-8-13(11(2)15-17)14(16)10-12/h7-8,10,16-17H,3-6,9H2,1-2H3/b15-11+. The maximum absolute atomic E-state index is 9.76. The molecule has 0 aliphatic heterocycles. The molecule has 0 saturated heterocycles. The highest BCUT2D eigenvalue weighted by molar-refractivity contribution is 6.00. The molecule has 0 amide bonds. The van der Waals surface area contributed by atoms with Crippen LogP contribution in [0, 0.1) is 0 Å². The minimum absolute atomic E-state index is 0.0661. The Labute approximate surface area is 108 Å². The van der Waals surface area contributed by atoms with Gasteiger partial charge in [-0.05, 0) is 25.5 Å². The summed E-state index contributed by atoms with van der Waals surface area (Å²) in [6.45, 7) is 4.45. The quantitative estimate of drug-likeness (QED) is 0.337. The van der Waals surface area contributed by atoms with Gasteiger partial charge in [-0.15, -0.1) is 0 Å². The molecule has 0 radical (unpaired) electrons. The number of aromatic hydroxyl groups is 1. The van der Waals surface area contributed by atoms with Crippen molar-refractivity contribution in [2.24, 2.45) is 5.16 Å². The summed E-state index contributed by atoms with van der Waals surface area (Å²) in [5, 5.41) is 21.5. The summed E-state index contributed by atoms with van der Waals surface area (Å²) in [6.07, 6.45) is 4.61. The normalized spacial score (nSPS) is 11.6. The smallest absolute Gasteiger partial charge is 0.128 e. The Morgan fingerprint density at radius 1 is 1.28 bits per heavy atom. The molecule has 18 heavy (non-hydrogen) atoms. The van der Waals surface area contributed by atoms with E-state index in [1.54, 1.807) is 25.1 Å². The lowest BCUT2D eigenvalue weighted by Crippen LogP contribution is -1.99. The highest BCUT2D eigenvalue weighted by Gasteiger charge is 2.06. The molecule has 0 aromatic heterocycles. The highest BCUT2D eigenvalue weighted by atomic mass is 16.5. The molecule has 0 heterocycles. The van der Waals surface area contributed by atoms with Crippen molar-refractivity contribution in [3.8, 4) is 11.5 Å². The minimum atomic E-state index is 0.0661. The van der Waals surface area contributed by atoms with Gasteiger partial charge in [0.25, 0.3) is 0 Å². The average Bonchev–Trinajstić information content (AvgIpc) is 2.38. The van der Waals surface area contributed by atoms with Gasteiger partial charge in [0, 0.05) is 11.6 Å². The Balaban J connectivity index is 2.51. The van der Waals surface area contributed by atoms with Crippen LogP contribution in [0.25, 0.3) is 0 Å². The van der Waals surface area contributed by atoms with Crippen LogP contribution in [0.4, 0.5) is 0 Å². The van der Waals surface area contributed by atoms with E-state index in [0.717, 1.165) is 12.8 Å². The van der Waals surface area contributed by atoms with Crippen LogP contribution in [0.2, 0.25) is 0 Å². The zero-order chi connectivity index (χ0) is 13.4. The van der Waals surface area contributed by atoms with Crippen molar-refractivity contribution in [1.82, 2.24) is 0 Å². The van der Waals surface area contributed by atoms with E-state index in [1.165, 1.54) is 12.8 Å². The van der Waals surface area contributed by atoms with Gasteiger partial charge in [-0.1, -0.05) is 31.3 Å². The third-order valence-corrected chi connectivity index (χ3v) is 2.78.